The zero-order valence-corrected chi connectivity index (χ0v) is 12.0. The summed E-state index contributed by atoms with van der Waals surface area (Å²) in [5.41, 5.74) is 5.54. The smallest absolute Gasteiger partial charge is 0.198 e. The number of ether oxygens (including phenoxy) is 1. The number of halogens is 3. The predicted molar refractivity (Wildman–Crippen MR) is 74.9 cm³/mol. The van der Waals surface area contributed by atoms with Gasteiger partial charge in [-0.2, -0.15) is 0 Å². The number of rotatable bonds is 3. The highest BCUT2D eigenvalue weighted by molar-refractivity contribution is 9.10. The summed E-state index contributed by atoms with van der Waals surface area (Å²) in [6.45, 7) is 0. The number of hydrogen-bond acceptors (Lipinski definition) is 3. The fraction of sp³-hybridized carbons (Fsp3) is 0.0714. The molecular formula is C14H10BrF2NO2. The largest absolute Gasteiger partial charge is 0.497 e. The summed E-state index contributed by atoms with van der Waals surface area (Å²) < 4.78 is 32.2. The van der Waals surface area contributed by atoms with E-state index in [1.165, 1.54) is 19.2 Å². The Hall–Kier alpha value is -1.95. The second kappa shape index (κ2) is 5.58. The van der Waals surface area contributed by atoms with Crippen molar-refractivity contribution in [3.8, 4) is 5.75 Å². The minimum Gasteiger partial charge on any atom is -0.497 e. The normalized spacial score (nSPS) is 10.4. The highest BCUT2D eigenvalue weighted by atomic mass is 79.9. The third-order valence-corrected chi connectivity index (χ3v) is 3.37. The van der Waals surface area contributed by atoms with Crippen LogP contribution in [-0.2, 0) is 0 Å². The Morgan fingerprint density at radius 3 is 2.50 bits per heavy atom. The van der Waals surface area contributed by atoms with Crippen molar-refractivity contribution in [2.24, 2.45) is 0 Å². The number of hydrogen-bond donors (Lipinski definition) is 1. The van der Waals surface area contributed by atoms with Gasteiger partial charge in [-0.3, -0.25) is 4.79 Å². The van der Waals surface area contributed by atoms with E-state index in [9.17, 15) is 13.6 Å². The van der Waals surface area contributed by atoms with Gasteiger partial charge in [0.15, 0.2) is 5.78 Å². The lowest BCUT2D eigenvalue weighted by Crippen LogP contribution is -2.08. The predicted octanol–water partition coefficient (Wildman–Crippen LogP) is 3.55. The van der Waals surface area contributed by atoms with Crippen molar-refractivity contribution in [2.75, 3.05) is 12.8 Å². The zero-order valence-electron chi connectivity index (χ0n) is 10.4. The molecule has 2 aromatic rings. The summed E-state index contributed by atoms with van der Waals surface area (Å²) in [7, 11) is 1.43. The fourth-order valence-corrected chi connectivity index (χ4v) is 2.02. The highest BCUT2D eigenvalue weighted by Gasteiger charge is 2.19. The number of nitrogen functional groups attached to an aromatic ring is 1. The maximum absolute atomic E-state index is 13.8. The Labute approximate surface area is 122 Å². The van der Waals surface area contributed by atoms with Gasteiger partial charge in [-0.05, 0) is 46.3 Å². The van der Waals surface area contributed by atoms with Crippen molar-refractivity contribution >= 4 is 27.4 Å². The van der Waals surface area contributed by atoms with Crippen molar-refractivity contribution in [2.45, 2.75) is 0 Å². The van der Waals surface area contributed by atoms with Crippen LogP contribution in [0.25, 0.3) is 0 Å². The van der Waals surface area contributed by atoms with Gasteiger partial charge >= 0.3 is 0 Å². The van der Waals surface area contributed by atoms with Gasteiger partial charge in [-0.25, -0.2) is 8.78 Å². The Balaban J connectivity index is 2.54. The molecule has 0 fully saturated rings. The SMILES string of the molecule is COc1ccc(N)c(C(=O)c2cc(F)c(Br)cc2F)c1. The molecule has 104 valence electrons. The second-order valence-corrected chi connectivity index (χ2v) is 4.88. The third-order valence-electron chi connectivity index (χ3n) is 2.76. The van der Waals surface area contributed by atoms with Crippen molar-refractivity contribution in [1.82, 2.24) is 0 Å². The molecule has 3 nitrogen and oxygen atoms in total. The van der Waals surface area contributed by atoms with Crippen LogP contribution in [-0.4, -0.2) is 12.9 Å². The molecule has 0 unspecified atom stereocenters. The first-order valence-corrected chi connectivity index (χ1v) is 6.36. The summed E-state index contributed by atoms with van der Waals surface area (Å²) in [5.74, 6) is -1.85. The van der Waals surface area contributed by atoms with E-state index in [4.69, 9.17) is 10.5 Å². The molecule has 0 aliphatic rings. The van der Waals surface area contributed by atoms with Crippen LogP contribution in [0.15, 0.2) is 34.8 Å². The molecule has 2 rings (SSSR count). The van der Waals surface area contributed by atoms with Crippen molar-refractivity contribution in [1.29, 1.82) is 0 Å². The molecule has 0 radical (unpaired) electrons. The number of carbonyl (C=O) groups is 1. The maximum Gasteiger partial charge on any atom is 0.198 e. The third kappa shape index (κ3) is 2.65. The average Bonchev–Trinajstić information content (AvgIpc) is 2.42. The van der Waals surface area contributed by atoms with Gasteiger partial charge in [0.25, 0.3) is 0 Å². The van der Waals surface area contributed by atoms with Crippen molar-refractivity contribution in [3.05, 3.63) is 57.6 Å². The van der Waals surface area contributed by atoms with Gasteiger partial charge < -0.3 is 10.5 Å². The van der Waals surface area contributed by atoms with E-state index in [0.29, 0.717) is 5.75 Å². The van der Waals surface area contributed by atoms with Crippen LogP contribution in [0.1, 0.15) is 15.9 Å². The van der Waals surface area contributed by atoms with Gasteiger partial charge in [-0.15, -0.1) is 0 Å². The van der Waals surface area contributed by atoms with Gasteiger partial charge in [0.05, 0.1) is 17.1 Å². The fourth-order valence-electron chi connectivity index (χ4n) is 1.70. The van der Waals surface area contributed by atoms with Crippen molar-refractivity contribution < 1.29 is 18.3 Å². The van der Waals surface area contributed by atoms with Crippen LogP contribution < -0.4 is 10.5 Å². The van der Waals surface area contributed by atoms with Crippen molar-refractivity contribution in [3.63, 3.8) is 0 Å². The zero-order chi connectivity index (χ0) is 14.9. The topological polar surface area (TPSA) is 52.3 Å². The van der Waals surface area contributed by atoms with Gasteiger partial charge in [0, 0.05) is 11.3 Å². The van der Waals surface area contributed by atoms with Crippen LogP contribution in [0.4, 0.5) is 14.5 Å². The van der Waals surface area contributed by atoms with E-state index in [-0.39, 0.29) is 21.3 Å². The Bertz CT molecular complexity index is 689. The lowest BCUT2D eigenvalue weighted by atomic mass is 10.0. The Morgan fingerprint density at radius 1 is 1.15 bits per heavy atom. The minimum atomic E-state index is -0.828. The minimum absolute atomic E-state index is 0.0508. The molecule has 6 heteroatoms. The molecule has 0 amide bonds. The van der Waals surface area contributed by atoms with Gasteiger partial charge in [0.2, 0.25) is 0 Å². The van der Waals surface area contributed by atoms with Crippen LogP contribution in [0.3, 0.4) is 0 Å². The lowest BCUT2D eigenvalue weighted by Gasteiger charge is -2.09. The van der Waals surface area contributed by atoms with Crippen LogP contribution in [0.2, 0.25) is 0 Å². The standard InChI is InChI=1S/C14H10BrF2NO2/c1-20-7-2-3-13(18)9(4-7)14(19)8-5-12(17)10(15)6-11(8)16/h2-6H,18H2,1H3. The van der Waals surface area contributed by atoms with Gasteiger partial charge in [0.1, 0.15) is 17.4 Å². The van der Waals surface area contributed by atoms with Gasteiger partial charge in [-0.1, -0.05) is 0 Å². The summed E-state index contributed by atoms with van der Waals surface area (Å²) in [6.07, 6.45) is 0. The summed E-state index contributed by atoms with van der Waals surface area (Å²) in [6, 6.07) is 6.17. The molecule has 0 heterocycles. The van der Waals surface area contributed by atoms with E-state index in [0.717, 1.165) is 12.1 Å². The molecule has 2 N–H and O–H groups in total. The molecule has 2 aromatic carbocycles. The van der Waals surface area contributed by atoms with E-state index < -0.39 is 17.4 Å². The van der Waals surface area contributed by atoms with Crippen LogP contribution in [0, 0.1) is 11.6 Å². The molecule has 0 aliphatic heterocycles. The first-order valence-electron chi connectivity index (χ1n) is 5.56. The molecule has 0 aromatic heterocycles. The first-order chi connectivity index (χ1) is 9.43. The highest BCUT2D eigenvalue weighted by Crippen LogP contribution is 2.26. The molecule has 0 saturated heterocycles. The monoisotopic (exact) mass is 341 g/mol. The van der Waals surface area contributed by atoms with E-state index in [1.807, 2.05) is 0 Å². The quantitative estimate of drug-likeness (QED) is 0.527. The number of carbonyl (C=O) groups excluding carboxylic acids is 1. The summed E-state index contributed by atoms with van der Waals surface area (Å²) in [5, 5.41) is 0. The molecule has 20 heavy (non-hydrogen) atoms. The molecule has 0 aliphatic carbocycles. The van der Waals surface area contributed by atoms with Crippen LogP contribution in [0.5, 0.6) is 5.75 Å². The number of anilines is 1. The maximum atomic E-state index is 13.8. The van der Waals surface area contributed by atoms with Crippen LogP contribution >= 0.6 is 15.9 Å². The molecular weight excluding hydrogens is 332 g/mol. The Morgan fingerprint density at radius 2 is 1.85 bits per heavy atom. The molecule has 0 saturated carbocycles. The number of benzene rings is 2. The first kappa shape index (κ1) is 14.5. The van der Waals surface area contributed by atoms with E-state index in [1.54, 1.807) is 6.07 Å². The van der Waals surface area contributed by atoms with E-state index >= 15 is 0 Å². The lowest BCUT2D eigenvalue weighted by molar-refractivity contribution is 0.103. The average molecular weight is 342 g/mol. The molecule has 0 atom stereocenters. The summed E-state index contributed by atoms with van der Waals surface area (Å²) >= 11 is 2.85. The number of methoxy groups -OCH3 is 1. The summed E-state index contributed by atoms with van der Waals surface area (Å²) in [4.78, 5) is 12.3. The number of ketones is 1. The Kier molecular flexibility index (Phi) is 4.04. The molecule has 0 spiro atoms. The number of nitrogens with two attached hydrogens (primary N) is 1. The second-order valence-electron chi connectivity index (χ2n) is 4.03. The molecule has 0 bridgehead atoms. The van der Waals surface area contributed by atoms with E-state index in [2.05, 4.69) is 15.9 Å².